The third-order valence-corrected chi connectivity index (χ3v) is 4.86. The van der Waals surface area contributed by atoms with E-state index >= 15 is 0 Å². The molecule has 4 heterocycles. The fourth-order valence-electron chi connectivity index (χ4n) is 3.41. The van der Waals surface area contributed by atoms with Gasteiger partial charge in [0.2, 0.25) is 0 Å². The normalized spacial score (nSPS) is 14.4. The fraction of sp³-hybridized carbons (Fsp3) is 0.333. The summed E-state index contributed by atoms with van der Waals surface area (Å²) in [7, 11) is 0. The zero-order valence-corrected chi connectivity index (χ0v) is 15.7. The highest BCUT2D eigenvalue weighted by Gasteiger charge is 2.19. The second-order valence-corrected chi connectivity index (χ2v) is 7.01. The molecule has 0 amide bonds. The van der Waals surface area contributed by atoms with Gasteiger partial charge in [-0.25, -0.2) is 9.97 Å². The fourth-order valence-corrected chi connectivity index (χ4v) is 3.41. The molecule has 0 radical (unpaired) electrons. The first-order valence-electron chi connectivity index (χ1n) is 9.38. The molecule has 138 valence electrons. The van der Waals surface area contributed by atoms with Crippen molar-refractivity contribution in [2.75, 3.05) is 11.9 Å². The number of fused-ring (bicyclic) bond motifs is 1. The van der Waals surface area contributed by atoms with Gasteiger partial charge in [0.1, 0.15) is 5.82 Å². The van der Waals surface area contributed by atoms with Crippen molar-refractivity contribution in [3.63, 3.8) is 0 Å². The summed E-state index contributed by atoms with van der Waals surface area (Å²) in [4.78, 5) is 18.4. The standard InChI is InChI=1S/C21H24N6/c1-14-5-3-9-24-18(14)11-15(2)25-21-17-7-10-23-13-19(17)26-20(27-21)16-6-4-8-22-12-16/h3-6,8-9,12,15,23H,7,10-11,13H2,1-2H3,(H,25,26,27)/t15-/m0/s1. The Hall–Kier alpha value is -2.86. The molecular formula is C21H24N6. The van der Waals surface area contributed by atoms with Crippen LogP contribution >= 0.6 is 0 Å². The van der Waals surface area contributed by atoms with Crippen LogP contribution in [0.2, 0.25) is 0 Å². The van der Waals surface area contributed by atoms with E-state index in [0.29, 0.717) is 5.82 Å². The maximum absolute atomic E-state index is 4.85. The zero-order valence-electron chi connectivity index (χ0n) is 15.7. The van der Waals surface area contributed by atoms with E-state index in [0.717, 1.165) is 48.7 Å². The van der Waals surface area contributed by atoms with Crippen molar-refractivity contribution in [1.29, 1.82) is 0 Å². The summed E-state index contributed by atoms with van der Waals surface area (Å²) in [6.45, 7) is 6.00. The summed E-state index contributed by atoms with van der Waals surface area (Å²) in [6, 6.07) is 8.21. The van der Waals surface area contributed by atoms with Crippen molar-refractivity contribution in [2.24, 2.45) is 0 Å². The number of rotatable bonds is 5. The molecule has 3 aromatic rings. The van der Waals surface area contributed by atoms with E-state index in [-0.39, 0.29) is 6.04 Å². The first-order chi connectivity index (χ1) is 13.2. The van der Waals surface area contributed by atoms with Crippen LogP contribution in [0.3, 0.4) is 0 Å². The van der Waals surface area contributed by atoms with Crippen LogP contribution in [0.15, 0.2) is 42.9 Å². The Morgan fingerprint density at radius 1 is 1.19 bits per heavy atom. The minimum Gasteiger partial charge on any atom is -0.367 e. The quantitative estimate of drug-likeness (QED) is 0.729. The van der Waals surface area contributed by atoms with Crippen LogP contribution in [0.1, 0.15) is 29.4 Å². The van der Waals surface area contributed by atoms with Crippen LogP contribution in [0.25, 0.3) is 11.4 Å². The van der Waals surface area contributed by atoms with Gasteiger partial charge in [-0.05, 0) is 50.6 Å². The van der Waals surface area contributed by atoms with Crippen LogP contribution in [0, 0.1) is 6.92 Å². The number of hydrogen-bond acceptors (Lipinski definition) is 6. The minimum absolute atomic E-state index is 0.217. The molecule has 2 N–H and O–H groups in total. The van der Waals surface area contributed by atoms with Gasteiger partial charge in [0.15, 0.2) is 5.82 Å². The predicted octanol–water partition coefficient (Wildman–Crippen LogP) is 2.93. The summed E-state index contributed by atoms with van der Waals surface area (Å²) in [6.07, 6.45) is 7.21. The van der Waals surface area contributed by atoms with Gasteiger partial charge in [0.25, 0.3) is 0 Å². The maximum atomic E-state index is 4.85. The van der Waals surface area contributed by atoms with E-state index < -0.39 is 0 Å². The highest BCUT2D eigenvalue weighted by atomic mass is 15.1. The molecule has 0 fully saturated rings. The molecular weight excluding hydrogens is 336 g/mol. The molecule has 6 nitrogen and oxygen atoms in total. The van der Waals surface area contributed by atoms with Crippen molar-refractivity contribution in [3.05, 3.63) is 65.4 Å². The molecule has 0 aliphatic carbocycles. The Morgan fingerprint density at radius 3 is 2.89 bits per heavy atom. The number of aromatic nitrogens is 4. The molecule has 4 rings (SSSR count). The van der Waals surface area contributed by atoms with Crippen LogP contribution in [0.4, 0.5) is 5.82 Å². The molecule has 1 aliphatic heterocycles. The zero-order chi connectivity index (χ0) is 18.6. The molecule has 0 spiro atoms. The molecule has 0 unspecified atom stereocenters. The number of anilines is 1. The lowest BCUT2D eigenvalue weighted by Gasteiger charge is -2.23. The van der Waals surface area contributed by atoms with Gasteiger partial charge in [-0.15, -0.1) is 0 Å². The Bertz CT molecular complexity index is 925. The summed E-state index contributed by atoms with van der Waals surface area (Å²) in [5.74, 6) is 1.65. The number of nitrogens with zero attached hydrogens (tertiary/aromatic N) is 4. The average Bonchev–Trinajstić information content (AvgIpc) is 2.70. The Labute approximate surface area is 159 Å². The molecule has 0 aromatic carbocycles. The molecule has 1 aliphatic rings. The lowest BCUT2D eigenvalue weighted by Crippen LogP contribution is -2.28. The maximum Gasteiger partial charge on any atom is 0.163 e. The summed E-state index contributed by atoms with van der Waals surface area (Å²) in [5.41, 5.74) is 5.55. The van der Waals surface area contributed by atoms with Crippen LogP contribution < -0.4 is 10.6 Å². The number of nitrogens with one attached hydrogen (secondary N) is 2. The Balaban J connectivity index is 1.63. The number of aryl methyl sites for hydroxylation is 1. The van der Waals surface area contributed by atoms with Gasteiger partial charge >= 0.3 is 0 Å². The van der Waals surface area contributed by atoms with Gasteiger partial charge in [-0.3, -0.25) is 9.97 Å². The molecule has 0 saturated heterocycles. The van der Waals surface area contributed by atoms with Crippen molar-refractivity contribution >= 4 is 5.82 Å². The topological polar surface area (TPSA) is 75.6 Å². The van der Waals surface area contributed by atoms with Gasteiger partial charge in [0.05, 0.1) is 5.69 Å². The van der Waals surface area contributed by atoms with Gasteiger partial charge in [-0.1, -0.05) is 6.07 Å². The lowest BCUT2D eigenvalue weighted by atomic mass is 10.0. The molecule has 0 saturated carbocycles. The number of hydrogen-bond donors (Lipinski definition) is 2. The first kappa shape index (κ1) is 17.5. The monoisotopic (exact) mass is 360 g/mol. The third kappa shape index (κ3) is 3.95. The molecule has 3 aromatic heterocycles. The summed E-state index contributed by atoms with van der Waals surface area (Å²) in [5, 5.41) is 7.02. The van der Waals surface area contributed by atoms with Crippen molar-refractivity contribution in [2.45, 2.75) is 39.3 Å². The first-order valence-corrected chi connectivity index (χ1v) is 9.38. The summed E-state index contributed by atoms with van der Waals surface area (Å²) >= 11 is 0. The minimum atomic E-state index is 0.217. The molecule has 1 atom stereocenters. The van der Waals surface area contributed by atoms with Gasteiger partial charge in [-0.2, -0.15) is 0 Å². The van der Waals surface area contributed by atoms with E-state index in [2.05, 4.69) is 40.5 Å². The van der Waals surface area contributed by atoms with Gasteiger partial charge in [0, 0.05) is 54.4 Å². The average molecular weight is 360 g/mol. The lowest BCUT2D eigenvalue weighted by molar-refractivity contribution is 0.623. The molecule has 27 heavy (non-hydrogen) atoms. The van der Waals surface area contributed by atoms with Crippen LogP contribution in [0.5, 0.6) is 0 Å². The highest BCUT2D eigenvalue weighted by Crippen LogP contribution is 2.25. The number of pyridine rings is 2. The SMILES string of the molecule is Cc1cccnc1C[C@H](C)Nc1nc(-c2cccnc2)nc2c1CCNC2. The van der Waals surface area contributed by atoms with Crippen LogP contribution in [-0.4, -0.2) is 32.5 Å². The summed E-state index contributed by atoms with van der Waals surface area (Å²) < 4.78 is 0. The van der Waals surface area contributed by atoms with Crippen molar-refractivity contribution < 1.29 is 0 Å². The van der Waals surface area contributed by atoms with Crippen molar-refractivity contribution in [3.8, 4) is 11.4 Å². The van der Waals surface area contributed by atoms with Crippen LogP contribution in [-0.2, 0) is 19.4 Å². The van der Waals surface area contributed by atoms with E-state index in [4.69, 9.17) is 9.97 Å². The largest absolute Gasteiger partial charge is 0.367 e. The Kier molecular flexibility index (Phi) is 5.07. The van der Waals surface area contributed by atoms with E-state index in [1.165, 1.54) is 11.1 Å². The second-order valence-electron chi connectivity index (χ2n) is 7.01. The Morgan fingerprint density at radius 2 is 2.07 bits per heavy atom. The third-order valence-electron chi connectivity index (χ3n) is 4.86. The van der Waals surface area contributed by atoms with Crippen molar-refractivity contribution in [1.82, 2.24) is 25.3 Å². The second kappa shape index (κ2) is 7.80. The highest BCUT2D eigenvalue weighted by molar-refractivity contribution is 5.59. The smallest absolute Gasteiger partial charge is 0.163 e. The predicted molar refractivity (Wildman–Crippen MR) is 106 cm³/mol. The van der Waals surface area contributed by atoms with E-state index in [1.54, 1.807) is 6.20 Å². The molecule has 0 bridgehead atoms. The molecule has 6 heteroatoms. The van der Waals surface area contributed by atoms with E-state index in [1.807, 2.05) is 30.6 Å². The van der Waals surface area contributed by atoms with Gasteiger partial charge < -0.3 is 10.6 Å². The van der Waals surface area contributed by atoms with E-state index in [9.17, 15) is 0 Å².